The number of carbonyl (C=O) groups excluding carboxylic acids is 1. The number of hydrogen-bond acceptors (Lipinski definition) is 5. The molecule has 1 N–H and O–H groups in total. The molecule has 1 unspecified atom stereocenters. The van der Waals surface area contributed by atoms with Crippen LogP contribution in [0.3, 0.4) is 0 Å². The monoisotopic (exact) mass is 398 g/mol. The molecule has 1 fully saturated rings. The molecule has 0 saturated carbocycles. The fourth-order valence-corrected chi connectivity index (χ4v) is 4.26. The van der Waals surface area contributed by atoms with E-state index in [1.807, 2.05) is 6.07 Å². The van der Waals surface area contributed by atoms with Crippen molar-refractivity contribution >= 4 is 34.5 Å². The second-order valence-corrected chi connectivity index (χ2v) is 8.00. The first-order valence-electron chi connectivity index (χ1n) is 8.87. The first kappa shape index (κ1) is 18.1. The largest absolute Gasteiger partial charge is 0.320 e. The smallest absolute Gasteiger partial charge is 0.286 e. The van der Waals surface area contributed by atoms with Crippen LogP contribution in [0.2, 0.25) is 5.02 Å². The SMILES string of the molecule is O=C(Nc1ccc(Cl)cc1)c1nnc(CN2CCCC2c2ccccc2)s1. The molecule has 0 bridgehead atoms. The Morgan fingerprint density at radius 3 is 2.70 bits per heavy atom. The standard InChI is InChI=1S/C20H19ClN4OS/c21-15-8-10-16(11-9-15)22-19(26)20-24-23-18(27-20)13-25-12-4-7-17(25)14-5-2-1-3-6-14/h1-3,5-6,8-11,17H,4,7,12-13H2,(H,22,26). The maximum Gasteiger partial charge on any atom is 0.286 e. The quantitative estimate of drug-likeness (QED) is 0.671. The fourth-order valence-electron chi connectivity index (χ4n) is 3.37. The van der Waals surface area contributed by atoms with Gasteiger partial charge in [-0.05, 0) is 49.2 Å². The lowest BCUT2D eigenvalue weighted by Gasteiger charge is -2.23. The molecule has 0 aliphatic carbocycles. The molecule has 2 aromatic carbocycles. The Morgan fingerprint density at radius 2 is 1.93 bits per heavy atom. The molecule has 1 aliphatic heterocycles. The van der Waals surface area contributed by atoms with Crippen LogP contribution in [-0.2, 0) is 6.54 Å². The van der Waals surface area contributed by atoms with Gasteiger partial charge in [-0.3, -0.25) is 9.69 Å². The third-order valence-corrected chi connectivity index (χ3v) is 5.81. The number of halogens is 1. The van der Waals surface area contributed by atoms with Gasteiger partial charge in [0.15, 0.2) is 0 Å². The summed E-state index contributed by atoms with van der Waals surface area (Å²) in [5.74, 6) is -0.248. The van der Waals surface area contributed by atoms with Crippen molar-refractivity contribution in [3.63, 3.8) is 0 Å². The highest BCUT2D eigenvalue weighted by atomic mass is 35.5. The highest BCUT2D eigenvalue weighted by molar-refractivity contribution is 7.13. The summed E-state index contributed by atoms with van der Waals surface area (Å²) in [6.07, 6.45) is 2.31. The molecule has 1 aliphatic rings. The molecule has 27 heavy (non-hydrogen) atoms. The molecule has 1 saturated heterocycles. The number of benzene rings is 2. The van der Waals surface area contributed by atoms with E-state index in [1.54, 1.807) is 24.3 Å². The zero-order chi connectivity index (χ0) is 18.6. The van der Waals surface area contributed by atoms with Crippen LogP contribution < -0.4 is 5.32 Å². The molecule has 1 amide bonds. The summed E-state index contributed by atoms with van der Waals surface area (Å²) in [6, 6.07) is 17.9. The second-order valence-electron chi connectivity index (χ2n) is 6.50. The number of anilines is 1. The Morgan fingerprint density at radius 1 is 1.15 bits per heavy atom. The van der Waals surface area contributed by atoms with Crippen LogP contribution in [0.4, 0.5) is 5.69 Å². The fraction of sp³-hybridized carbons (Fsp3) is 0.250. The van der Waals surface area contributed by atoms with Crippen LogP contribution in [-0.4, -0.2) is 27.5 Å². The summed E-state index contributed by atoms with van der Waals surface area (Å²) in [5.41, 5.74) is 2.02. The number of amides is 1. The first-order valence-corrected chi connectivity index (χ1v) is 10.1. The lowest BCUT2D eigenvalue weighted by Crippen LogP contribution is -2.22. The predicted molar refractivity (Wildman–Crippen MR) is 108 cm³/mol. The highest BCUT2D eigenvalue weighted by Gasteiger charge is 2.27. The molecule has 4 rings (SSSR count). The van der Waals surface area contributed by atoms with E-state index in [0.29, 0.717) is 28.3 Å². The van der Waals surface area contributed by atoms with E-state index in [4.69, 9.17) is 11.6 Å². The molecule has 7 heteroatoms. The third kappa shape index (κ3) is 4.35. The van der Waals surface area contributed by atoms with Crippen molar-refractivity contribution < 1.29 is 4.79 Å². The summed E-state index contributed by atoms with van der Waals surface area (Å²) >= 11 is 7.21. The minimum atomic E-state index is -0.248. The Kier molecular flexibility index (Phi) is 5.48. The van der Waals surface area contributed by atoms with Gasteiger partial charge in [0.25, 0.3) is 5.91 Å². The van der Waals surface area contributed by atoms with Crippen molar-refractivity contribution in [3.05, 3.63) is 75.2 Å². The van der Waals surface area contributed by atoms with Gasteiger partial charge in [-0.15, -0.1) is 10.2 Å². The van der Waals surface area contributed by atoms with Crippen LogP contribution in [0.1, 0.15) is 39.3 Å². The van der Waals surface area contributed by atoms with Gasteiger partial charge < -0.3 is 5.32 Å². The summed E-state index contributed by atoms with van der Waals surface area (Å²) in [7, 11) is 0. The van der Waals surface area contributed by atoms with Gasteiger partial charge in [0.2, 0.25) is 5.01 Å². The van der Waals surface area contributed by atoms with Gasteiger partial charge in [-0.2, -0.15) is 0 Å². The molecule has 0 spiro atoms. The van der Waals surface area contributed by atoms with Gasteiger partial charge in [0.05, 0.1) is 6.54 Å². The van der Waals surface area contributed by atoms with Gasteiger partial charge >= 0.3 is 0 Å². The molecular formula is C20H19ClN4OS. The molecule has 1 aromatic heterocycles. The molecule has 5 nitrogen and oxygen atoms in total. The Balaban J connectivity index is 1.41. The van der Waals surface area contributed by atoms with Gasteiger partial charge in [0, 0.05) is 16.8 Å². The first-order chi connectivity index (χ1) is 13.2. The average Bonchev–Trinajstić information content (AvgIpc) is 3.34. The zero-order valence-corrected chi connectivity index (χ0v) is 16.2. The Bertz CT molecular complexity index is 913. The summed E-state index contributed by atoms with van der Waals surface area (Å²) in [5, 5.41) is 13.0. The Labute approximate surface area is 167 Å². The van der Waals surface area contributed by atoms with E-state index in [2.05, 4.69) is 44.7 Å². The molecular weight excluding hydrogens is 380 g/mol. The van der Waals surface area contributed by atoms with Crippen LogP contribution in [0.5, 0.6) is 0 Å². The van der Waals surface area contributed by atoms with E-state index < -0.39 is 0 Å². The van der Waals surface area contributed by atoms with Crippen molar-refractivity contribution in [1.29, 1.82) is 0 Å². The highest BCUT2D eigenvalue weighted by Crippen LogP contribution is 2.33. The number of nitrogens with one attached hydrogen (secondary N) is 1. The van der Waals surface area contributed by atoms with Crippen LogP contribution in [0.25, 0.3) is 0 Å². The van der Waals surface area contributed by atoms with Crippen LogP contribution in [0.15, 0.2) is 54.6 Å². The van der Waals surface area contributed by atoms with Gasteiger partial charge in [-0.25, -0.2) is 0 Å². The zero-order valence-electron chi connectivity index (χ0n) is 14.6. The average molecular weight is 399 g/mol. The molecule has 138 valence electrons. The van der Waals surface area contributed by atoms with Crippen molar-refractivity contribution in [1.82, 2.24) is 15.1 Å². The minimum absolute atomic E-state index is 0.248. The van der Waals surface area contributed by atoms with Crippen molar-refractivity contribution in [2.24, 2.45) is 0 Å². The maximum atomic E-state index is 12.4. The molecule has 3 aromatic rings. The van der Waals surface area contributed by atoms with Crippen LogP contribution in [0, 0.1) is 0 Å². The van der Waals surface area contributed by atoms with Crippen molar-refractivity contribution in [3.8, 4) is 0 Å². The van der Waals surface area contributed by atoms with E-state index >= 15 is 0 Å². The minimum Gasteiger partial charge on any atom is -0.320 e. The van der Waals surface area contributed by atoms with E-state index in [1.165, 1.54) is 23.3 Å². The number of rotatable bonds is 5. The summed E-state index contributed by atoms with van der Waals surface area (Å²) < 4.78 is 0. The van der Waals surface area contributed by atoms with E-state index in [-0.39, 0.29) is 5.91 Å². The molecule has 1 atom stereocenters. The number of likely N-dealkylation sites (tertiary alicyclic amines) is 1. The summed E-state index contributed by atoms with van der Waals surface area (Å²) in [4.78, 5) is 14.8. The predicted octanol–water partition coefficient (Wildman–Crippen LogP) is 4.78. The lowest BCUT2D eigenvalue weighted by atomic mass is 10.0. The number of nitrogens with zero attached hydrogens (tertiary/aromatic N) is 3. The van der Waals surface area contributed by atoms with Gasteiger partial charge in [0.1, 0.15) is 5.01 Å². The molecule has 0 radical (unpaired) electrons. The maximum absolute atomic E-state index is 12.4. The van der Waals surface area contributed by atoms with E-state index in [9.17, 15) is 4.79 Å². The normalized spacial score (nSPS) is 17.1. The van der Waals surface area contributed by atoms with Gasteiger partial charge in [-0.1, -0.05) is 53.3 Å². The van der Waals surface area contributed by atoms with E-state index in [0.717, 1.165) is 18.0 Å². The van der Waals surface area contributed by atoms with Crippen molar-refractivity contribution in [2.75, 3.05) is 11.9 Å². The third-order valence-electron chi connectivity index (χ3n) is 4.65. The topological polar surface area (TPSA) is 58.1 Å². The number of carbonyl (C=O) groups is 1. The van der Waals surface area contributed by atoms with Crippen molar-refractivity contribution in [2.45, 2.75) is 25.4 Å². The molecule has 2 heterocycles. The number of hydrogen-bond donors (Lipinski definition) is 1. The van der Waals surface area contributed by atoms with Crippen LogP contribution >= 0.6 is 22.9 Å². The Hall–Kier alpha value is -2.28. The second kappa shape index (κ2) is 8.17. The number of aromatic nitrogens is 2. The lowest BCUT2D eigenvalue weighted by molar-refractivity contribution is 0.102. The summed E-state index contributed by atoms with van der Waals surface area (Å²) in [6.45, 7) is 1.75.